The molecule has 1 aromatic heterocycles. The fourth-order valence-corrected chi connectivity index (χ4v) is 1.60. The van der Waals surface area contributed by atoms with Gasteiger partial charge < -0.3 is 4.90 Å². The molecule has 0 spiro atoms. The summed E-state index contributed by atoms with van der Waals surface area (Å²) in [5.74, 6) is 0. The molecule has 0 aliphatic rings. The minimum atomic E-state index is 0.498. The van der Waals surface area contributed by atoms with E-state index in [2.05, 4.69) is 46.7 Å². The van der Waals surface area contributed by atoms with Crippen molar-refractivity contribution < 1.29 is 0 Å². The molecule has 3 heteroatoms. The maximum absolute atomic E-state index is 4.21. The molecular formula is C10H15BrN2. The van der Waals surface area contributed by atoms with Crippen molar-refractivity contribution in [2.24, 2.45) is 0 Å². The lowest BCUT2D eigenvalue weighted by Gasteiger charge is -2.25. The van der Waals surface area contributed by atoms with Crippen molar-refractivity contribution in [1.29, 1.82) is 0 Å². The predicted octanol–water partition coefficient (Wildman–Crippen LogP) is 3.00. The summed E-state index contributed by atoms with van der Waals surface area (Å²) in [5.41, 5.74) is 2.23. The average molecular weight is 243 g/mol. The van der Waals surface area contributed by atoms with Crippen LogP contribution in [0.15, 0.2) is 16.7 Å². The topological polar surface area (TPSA) is 16.1 Å². The minimum Gasteiger partial charge on any atom is -0.371 e. The Morgan fingerprint density at radius 2 is 2.08 bits per heavy atom. The largest absolute Gasteiger partial charge is 0.371 e. The van der Waals surface area contributed by atoms with Crippen LogP contribution in [0.1, 0.15) is 19.5 Å². The number of halogens is 1. The summed E-state index contributed by atoms with van der Waals surface area (Å²) in [4.78, 5) is 6.43. The quantitative estimate of drug-likeness (QED) is 0.793. The first-order valence-corrected chi connectivity index (χ1v) is 5.17. The van der Waals surface area contributed by atoms with Crippen LogP contribution in [0.5, 0.6) is 0 Å². The molecule has 1 aromatic rings. The highest BCUT2D eigenvalue weighted by atomic mass is 79.9. The highest BCUT2D eigenvalue weighted by Gasteiger charge is 2.10. The van der Waals surface area contributed by atoms with Crippen molar-refractivity contribution in [3.63, 3.8) is 0 Å². The van der Waals surface area contributed by atoms with E-state index in [9.17, 15) is 0 Å². The van der Waals surface area contributed by atoms with Gasteiger partial charge in [0.1, 0.15) is 0 Å². The van der Waals surface area contributed by atoms with Crippen molar-refractivity contribution in [3.8, 4) is 0 Å². The molecule has 72 valence electrons. The Labute approximate surface area is 88.1 Å². The number of hydrogen-bond acceptors (Lipinski definition) is 2. The summed E-state index contributed by atoms with van der Waals surface area (Å²) in [6.45, 7) is 6.34. The third-order valence-electron chi connectivity index (χ3n) is 2.20. The molecular weight excluding hydrogens is 228 g/mol. The van der Waals surface area contributed by atoms with Crippen LogP contribution >= 0.6 is 15.9 Å². The van der Waals surface area contributed by atoms with Crippen LogP contribution in [0, 0.1) is 6.92 Å². The molecule has 0 radical (unpaired) electrons. The summed E-state index contributed by atoms with van der Waals surface area (Å²) in [6.07, 6.45) is 1.84. The Bertz CT molecular complexity index is 297. The smallest absolute Gasteiger partial charge is 0.0621 e. The number of aryl methyl sites for hydroxylation is 1. The summed E-state index contributed by atoms with van der Waals surface area (Å²) >= 11 is 3.54. The van der Waals surface area contributed by atoms with Crippen molar-refractivity contribution in [2.45, 2.75) is 26.8 Å². The van der Waals surface area contributed by atoms with Gasteiger partial charge in [-0.1, -0.05) is 0 Å². The Kier molecular flexibility index (Phi) is 3.31. The molecule has 0 aliphatic heterocycles. The van der Waals surface area contributed by atoms with Gasteiger partial charge in [0.15, 0.2) is 0 Å². The van der Waals surface area contributed by atoms with Gasteiger partial charge in [-0.25, -0.2) is 0 Å². The first-order valence-electron chi connectivity index (χ1n) is 4.38. The maximum Gasteiger partial charge on any atom is 0.0621 e. The third-order valence-corrected chi connectivity index (χ3v) is 3.18. The van der Waals surface area contributed by atoms with Crippen LogP contribution in [0.25, 0.3) is 0 Å². The molecule has 1 rings (SSSR count). The molecule has 0 saturated carbocycles. The number of nitrogens with zero attached hydrogens (tertiary/aromatic N) is 2. The molecule has 0 aliphatic carbocycles. The van der Waals surface area contributed by atoms with Crippen molar-refractivity contribution in [3.05, 3.63) is 22.4 Å². The summed E-state index contributed by atoms with van der Waals surface area (Å²) in [6, 6.07) is 2.52. The first kappa shape index (κ1) is 10.5. The molecule has 0 fully saturated rings. The second-order valence-electron chi connectivity index (χ2n) is 3.43. The number of aromatic nitrogens is 1. The van der Waals surface area contributed by atoms with Gasteiger partial charge >= 0.3 is 0 Å². The molecule has 0 atom stereocenters. The van der Waals surface area contributed by atoms with Gasteiger partial charge in [-0.05, 0) is 42.8 Å². The first-order chi connectivity index (χ1) is 6.04. The van der Waals surface area contributed by atoms with Gasteiger partial charge in [0.2, 0.25) is 0 Å². The normalized spacial score (nSPS) is 10.6. The standard InChI is InChI=1S/C10H15BrN2/c1-7(2)13(4)9-5-6-12-8(3)10(9)11/h5-7H,1-4H3. The van der Waals surface area contributed by atoms with E-state index < -0.39 is 0 Å². The number of anilines is 1. The number of pyridine rings is 1. The van der Waals surface area contributed by atoms with Gasteiger partial charge in [-0.3, -0.25) is 4.98 Å². The lowest BCUT2D eigenvalue weighted by molar-refractivity contribution is 0.751. The van der Waals surface area contributed by atoms with E-state index in [4.69, 9.17) is 0 Å². The maximum atomic E-state index is 4.21. The van der Waals surface area contributed by atoms with Crippen molar-refractivity contribution in [1.82, 2.24) is 4.98 Å². The second-order valence-corrected chi connectivity index (χ2v) is 4.23. The summed E-state index contributed by atoms with van der Waals surface area (Å²) in [7, 11) is 2.09. The summed E-state index contributed by atoms with van der Waals surface area (Å²) < 4.78 is 1.09. The van der Waals surface area contributed by atoms with Crippen molar-refractivity contribution in [2.75, 3.05) is 11.9 Å². The van der Waals surface area contributed by atoms with E-state index in [1.165, 1.54) is 5.69 Å². The molecule has 0 unspecified atom stereocenters. The second kappa shape index (κ2) is 4.09. The van der Waals surface area contributed by atoms with Crippen LogP contribution in [0.2, 0.25) is 0 Å². The Morgan fingerprint density at radius 1 is 1.46 bits per heavy atom. The van der Waals surface area contributed by atoms with Gasteiger partial charge in [0.25, 0.3) is 0 Å². The van der Waals surface area contributed by atoms with Crippen molar-refractivity contribution >= 4 is 21.6 Å². The predicted molar refractivity (Wildman–Crippen MR) is 60.2 cm³/mol. The van der Waals surface area contributed by atoms with Crippen LogP contribution in [0.4, 0.5) is 5.69 Å². The van der Waals surface area contributed by atoms with E-state index in [-0.39, 0.29) is 0 Å². The Hall–Kier alpha value is -0.570. The minimum absolute atomic E-state index is 0.498. The molecule has 0 saturated heterocycles. The molecule has 0 N–H and O–H groups in total. The molecule has 0 bridgehead atoms. The van der Waals surface area contributed by atoms with Crippen LogP contribution < -0.4 is 4.90 Å². The molecule has 2 nitrogen and oxygen atoms in total. The number of hydrogen-bond donors (Lipinski definition) is 0. The van der Waals surface area contributed by atoms with Crippen LogP contribution in [0.3, 0.4) is 0 Å². The molecule has 13 heavy (non-hydrogen) atoms. The Balaban J connectivity index is 3.07. The highest BCUT2D eigenvalue weighted by molar-refractivity contribution is 9.10. The van der Waals surface area contributed by atoms with E-state index in [0.29, 0.717) is 6.04 Å². The van der Waals surface area contributed by atoms with Gasteiger partial charge in [0.05, 0.1) is 15.9 Å². The van der Waals surface area contributed by atoms with Gasteiger partial charge in [0, 0.05) is 19.3 Å². The summed E-state index contributed by atoms with van der Waals surface area (Å²) in [5, 5.41) is 0. The Morgan fingerprint density at radius 3 is 2.62 bits per heavy atom. The van der Waals surface area contributed by atoms with Crippen LogP contribution in [-0.4, -0.2) is 18.1 Å². The fraction of sp³-hybridized carbons (Fsp3) is 0.500. The fourth-order valence-electron chi connectivity index (χ4n) is 1.09. The zero-order valence-corrected chi connectivity index (χ0v) is 10.1. The molecule has 0 aromatic carbocycles. The monoisotopic (exact) mass is 242 g/mol. The zero-order valence-electron chi connectivity index (χ0n) is 8.50. The average Bonchev–Trinajstić information content (AvgIpc) is 2.08. The van der Waals surface area contributed by atoms with Crippen LogP contribution in [-0.2, 0) is 0 Å². The van der Waals surface area contributed by atoms with E-state index in [0.717, 1.165) is 10.2 Å². The van der Waals surface area contributed by atoms with Gasteiger partial charge in [-0.15, -0.1) is 0 Å². The van der Waals surface area contributed by atoms with E-state index in [1.54, 1.807) is 0 Å². The lowest BCUT2D eigenvalue weighted by atomic mass is 10.2. The molecule has 0 amide bonds. The lowest BCUT2D eigenvalue weighted by Crippen LogP contribution is -2.26. The third kappa shape index (κ3) is 2.21. The van der Waals surface area contributed by atoms with E-state index in [1.807, 2.05) is 19.2 Å². The zero-order chi connectivity index (χ0) is 10.0. The van der Waals surface area contributed by atoms with Gasteiger partial charge in [-0.2, -0.15) is 0 Å². The highest BCUT2D eigenvalue weighted by Crippen LogP contribution is 2.27. The number of rotatable bonds is 2. The molecule has 1 heterocycles. The van der Waals surface area contributed by atoms with E-state index >= 15 is 0 Å². The SMILES string of the molecule is Cc1nccc(N(C)C(C)C)c1Br.